The molecule has 3 aromatic heterocycles. The highest BCUT2D eigenvalue weighted by atomic mass is 16.3. The number of aromatic nitrogens is 5. The summed E-state index contributed by atoms with van der Waals surface area (Å²) in [6.45, 7) is 4.34. The molecule has 1 aromatic carbocycles. The molecule has 5 rings (SSSR count). The molecule has 33 heavy (non-hydrogen) atoms. The van der Waals surface area contributed by atoms with E-state index in [4.69, 9.17) is 5.11 Å². The molecule has 0 unspecified atom stereocenters. The Labute approximate surface area is 190 Å². The molecule has 1 fully saturated rings. The number of benzene rings is 1. The van der Waals surface area contributed by atoms with Gasteiger partial charge in [0, 0.05) is 52.0 Å². The number of anilines is 2. The molecule has 170 valence electrons. The van der Waals surface area contributed by atoms with Crippen LogP contribution in [0.25, 0.3) is 22.6 Å². The number of nitrogens with zero attached hydrogens (tertiary/aromatic N) is 6. The number of imidazole rings is 1. The van der Waals surface area contributed by atoms with E-state index in [0.717, 1.165) is 48.7 Å². The van der Waals surface area contributed by atoms with Gasteiger partial charge in [-0.3, -0.25) is 14.4 Å². The Kier molecular flexibility index (Phi) is 5.76. The van der Waals surface area contributed by atoms with Crippen molar-refractivity contribution in [1.82, 2.24) is 29.6 Å². The highest BCUT2D eigenvalue weighted by molar-refractivity contribution is 6.03. The van der Waals surface area contributed by atoms with Gasteiger partial charge in [-0.1, -0.05) is 12.1 Å². The summed E-state index contributed by atoms with van der Waals surface area (Å²) in [6, 6.07) is 13.3. The predicted octanol–water partition coefficient (Wildman–Crippen LogP) is 1.72. The van der Waals surface area contributed by atoms with Crippen LogP contribution >= 0.6 is 0 Å². The van der Waals surface area contributed by atoms with E-state index in [9.17, 15) is 4.79 Å². The Bertz CT molecular complexity index is 1220. The lowest BCUT2D eigenvalue weighted by atomic mass is 10.2. The third kappa shape index (κ3) is 4.43. The molecule has 0 atom stereocenters. The number of amides is 1. The van der Waals surface area contributed by atoms with Gasteiger partial charge in [0.25, 0.3) is 5.91 Å². The molecule has 10 nitrogen and oxygen atoms in total. The zero-order chi connectivity index (χ0) is 22.8. The molecule has 10 heteroatoms. The number of piperazine rings is 1. The Balaban J connectivity index is 1.25. The molecule has 1 saturated heterocycles. The Hall–Kier alpha value is -3.76. The maximum Gasteiger partial charge on any atom is 0.258 e. The summed E-state index contributed by atoms with van der Waals surface area (Å²) in [5, 5.41) is 16.3. The number of para-hydroxylation sites is 2. The quantitative estimate of drug-likeness (QED) is 0.413. The van der Waals surface area contributed by atoms with E-state index in [1.807, 2.05) is 37.4 Å². The fourth-order valence-corrected chi connectivity index (χ4v) is 4.06. The van der Waals surface area contributed by atoms with E-state index in [0.29, 0.717) is 23.8 Å². The monoisotopic (exact) mass is 446 g/mol. The van der Waals surface area contributed by atoms with Crippen molar-refractivity contribution in [3.05, 3.63) is 54.2 Å². The number of H-pyrrole nitrogens is 1. The lowest BCUT2D eigenvalue weighted by molar-refractivity contribution is 0.102. The number of carbonyl (C=O) groups is 1. The zero-order valence-electron chi connectivity index (χ0n) is 18.4. The number of aliphatic hydroxyl groups is 1. The van der Waals surface area contributed by atoms with Crippen LogP contribution < -0.4 is 10.2 Å². The summed E-state index contributed by atoms with van der Waals surface area (Å²) < 4.78 is 1.69. The van der Waals surface area contributed by atoms with Gasteiger partial charge >= 0.3 is 0 Å². The van der Waals surface area contributed by atoms with Crippen molar-refractivity contribution in [1.29, 1.82) is 0 Å². The average Bonchev–Trinajstić information content (AvgIpc) is 3.42. The van der Waals surface area contributed by atoms with Gasteiger partial charge in [-0.25, -0.2) is 9.97 Å². The van der Waals surface area contributed by atoms with Gasteiger partial charge < -0.3 is 20.3 Å². The molecule has 1 aliphatic rings. The van der Waals surface area contributed by atoms with Crippen molar-refractivity contribution in [3.63, 3.8) is 0 Å². The first-order chi connectivity index (χ1) is 16.1. The summed E-state index contributed by atoms with van der Waals surface area (Å²) in [5.41, 5.74) is 3.06. The van der Waals surface area contributed by atoms with Gasteiger partial charge in [-0.15, -0.1) is 0 Å². The second kappa shape index (κ2) is 9.00. The van der Waals surface area contributed by atoms with Gasteiger partial charge in [-0.05, 0) is 24.3 Å². The standard InChI is InChI=1S/C23H26N8O2/c1-29-19(22-25-17-4-2-3-5-18(17)26-22)14-20(28-29)27-23(33)16-6-7-21(24-15-16)31-10-8-30(9-11-31)12-13-32/h2-7,14-15,32H,8-13H2,1H3,(H,25,26)(H,27,28,33). The van der Waals surface area contributed by atoms with Gasteiger partial charge in [-0.2, -0.15) is 5.10 Å². The van der Waals surface area contributed by atoms with Crippen LogP contribution in [0, 0.1) is 0 Å². The van der Waals surface area contributed by atoms with Crippen molar-refractivity contribution in [3.8, 4) is 11.5 Å². The van der Waals surface area contributed by atoms with E-state index < -0.39 is 0 Å². The molecule has 1 aliphatic heterocycles. The van der Waals surface area contributed by atoms with Crippen molar-refractivity contribution in [2.75, 3.05) is 49.5 Å². The third-order valence-electron chi connectivity index (χ3n) is 5.88. The predicted molar refractivity (Wildman–Crippen MR) is 126 cm³/mol. The minimum Gasteiger partial charge on any atom is -0.395 e. The van der Waals surface area contributed by atoms with Crippen molar-refractivity contribution in [2.24, 2.45) is 7.05 Å². The highest BCUT2D eigenvalue weighted by Crippen LogP contribution is 2.23. The number of hydrogen-bond acceptors (Lipinski definition) is 7. The number of hydrogen-bond donors (Lipinski definition) is 3. The van der Waals surface area contributed by atoms with Crippen LogP contribution in [-0.2, 0) is 7.05 Å². The summed E-state index contributed by atoms with van der Waals surface area (Å²) in [4.78, 5) is 29.5. The molecule has 0 bridgehead atoms. The van der Waals surface area contributed by atoms with Crippen LogP contribution in [0.4, 0.5) is 11.6 Å². The number of rotatable bonds is 6. The molecule has 4 heterocycles. The van der Waals surface area contributed by atoms with Gasteiger partial charge in [0.15, 0.2) is 11.6 Å². The van der Waals surface area contributed by atoms with Crippen LogP contribution in [-0.4, -0.2) is 80.0 Å². The smallest absolute Gasteiger partial charge is 0.258 e. The highest BCUT2D eigenvalue weighted by Gasteiger charge is 2.18. The maximum absolute atomic E-state index is 12.7. The third-order valence-corrected chi connectivity index (χ3v) is 5.88. The summed E-state index contributed by atoms with van der Waals surface area (Å²) in [7, 11) is 1.81. The first-order valence-electron chi connectivity index (χ1n) is 11.0. The summed E-state index contributed by atoms with van der Waals surface area (Å²) in [5.74, 6) is 1.72. The van der Waals surface area contributed by atoms with Gasteiger partial charge in [0.2, 0.25) is 0 Å². The molecule has 0 spiro atoms. The molecule has 0 radical (unpaired) electrons. The van der Waals surface area contributed by atoms with E-state index in [-0.39, 0.29) is 12.5 Å². The van der Waals surface area contributed by atoms with Crippen molar-refractivity contribution < 1.29 is 9.90 Å². The lowest BCUT2D eigenvalue weighted by Gasteiger charge is -2.35. The second-order valence-corrected chi connectivity index (χ2v) is 8.05. The Morgan fingerprint density at radius 3 is 2.70 bits per heavy atom. The number of aromatic amines is 1. The zero-order valence-corrected chi connectivity index (χ0v) is 18.4. The number of fused-ring (bicyclic) bond motifs is 1. The number of carbonyl (C=O) groups excluding carboxylic acids is 1. The van der Waals surface area contributed by atoms with Crippen LogP contribution in [0.15, 0.2) is 48.7 Å². The molecule has 0 aliphatic carbocycles. The van der Waals surface area contributed by atoms with Crippen molar-refractivity contribution >= 4 is 28.6 Å². The maximum atomic E-state index is 12.7. The second-order valence-electron chi connectivity index (χ2n) is 8.05. The summed E-state index contributed by atoms with van der Waals surface area (Å²) in [6.07, 6.45) is 1.59. The van der Waals surface area contributed by atoms with Crippen LogP contribution in [0.5, 0.6) is 0 Å². The normalized spacial score (nSPS) is 14.7. The van der Waals surface area contributed by atoms with Gasteiger partial charge in [0.1, 0.15) is 11.5 Å². The van der Waals surface area contributed by atoms with E-state index in [2.05, 4.69) is 35.2 Å². The fraction of sp³-hybridized carbons (Fsp3) is 0.304. The molecule has 4 aromatic rings. The molecule has 1 amide bonds. The topological polar surface area (TPSA) is 115 Å². The number of aryl methyl sites for hydroxylation is 1. The Morgan fingerprint density at radius 2 is 1.97 bits per heavy atom. The van der Waals surface area contributed by atoms with E-state index >= 15 is 0 Å². The number of nitrogens with one attached hydrogen (secondary N) is 2. The molecule has 3 N–H and O–H groups in total. The molecular formula is C23H26N8O2. The first-order valence-corrected chi connectivity index (χ1v) is 11.0. The fourth-order valence-electron chi connectivity index (χ4n) is 4.06. The molecular weight excluding hydrogens is 420 g/mol. The van der Waals surface area contributed by atoms with Crippen LogP contribution in [0.1, 0.15) is 10.4 Å². The van der Waals surface area contributed by atoms with E-state index in [1.165, 1.54) is 0 Å². The summed E-state index contributed by atoms with van der Waals surface area (Å²) >= 11 is 0. The Morgan fingerprint density at radius 1 is 1.15 bits per heavy atom. The van der Waals surface area contributed by atoms with Crippen LogP contribution in [0.3, 0.4) is 0 Å². The van der Waals surface area contributed by atoms with Crippen molar-refractivity contribution in [2.45, 2.75) is 0 Å². The number of β-amino-alcohol motifs (C(OH)–C–C–N with tert-alkyl or cyclic N) is 1. The SMILES string of the molecule is Cn1nc(NC(=O)c2ccc(N3CCN(CCO)CC3)nc2)cc1-c1nc2ccccc2[nH]1. The largest absolute Gasteiger partial charge is 0.395 e. The number of aliphatic hydroxyl groups excluding tert-OH is 1. The van der Waals surface area contributed by atoms with Gasteiger partial charge in [0.05, 0.1) is 23.2 Å². The van der Waals surface area contributed by atoms with E-state index in [1.54, 1.807) is 23.0 Å². The lowest BCUT2D eigenvalue weighted by Crippen LogP contribution is -2.47. The number of pyridine rings is 1. The first kappa shape index (κ1) is 21.1. The molecule has 0 saturated carbocycles. The minimum absolute atomic E-state index is 0.179. The minimum atomic E-state index is -0.268. The average molecular weight is 447 g/mol. The van der Waals surface area contributed by atoms with Crippen LogP contribution in [0.2, 0.25) is 0 Å².